The topological polar surface area (TPSA) is 90.7 Å². The number of non-ortho nitro benzene ring substituents is 1. The minimum Gasteiger partial charge on any atom is -0.494 e. The van der Waals surface area contributed by atoms with E-state index in [1.807, 2.05) is 6.92 Å². The second-order valence-electron chi connectivity index (χ2n) is 5.30. The summed E-state index contributed by atoms with van der Waals surface area (Å²) in [6.45, 7) is 3.43. The van der Waals surface area contributed by atoms with E-state index >= 15 is 0 Å². The van der Waals surface area contributed by atoms with E-state index in [1.54, 1.807) is 25.1 Å². The van der Waals surface area contributed by atoms with Crippen LogP contribution in [0.5, 0.6) is 11.5 Å². The summed E-state index contributed by atoms with van der Waals surface area (Å²) in [6, 6.07) is 9.03. The highest BCUT2D eigenvalue weighted by molar-refractivity contribution is 6.31. The molecule has 1 unspecified atom stereocenters. The standard InChI is InChI=1S/C17H17ClN2O5/c1-10-8-13(5-6-14(10)18)25-11(2)17(21)19-15-7-4-12(20(22)23)9-16(15)24-3/h4-9,11H,1-3H3,(H,19,21). The van der Waals surface area contributed by atoms with Gasteiger partial charge in [-0.2, -0.15) is 0 Å². The Balaban J connectivity index is 2.10. The Morgan fingerprint density at radius 1 is 1.28 bits per heavy atom. The second-order valence-corrected chi connectivity index (χ2v) is 5.71. The number of benzene rings is 2. The summed E-state index contributed by atoms with van der Waals surface area (Å²) in [6.07, 6.45) is -0.791. The predicted molar refractivity (Wildman–Crippen MR) is 94.6 cm³/mol. The maximum absolute atomic E-state index is 12.3. The Bertz CT molecular complexity index is 810. The van der Waals surface area contributed by atoms with Gasteiger partial charge >= 0.3 is 0 Å². The van der Waals surface area contributed by atoms with Gasteiger partial charge in [0.25, 0.3) is 11.6 Å². The van der Waals surface area contributed by atoms with Crippen molar-refractivity contribution in [2.24, 2.45) is 0 Å². The highest BCUT2D eigenvalue weighted by Gasteiger charge is 2.18. The van der Waals surface area contributed by atoms with Crippen LogP contribution >= 0.6 is 11.6 Å². The van der Waals surface area contributed by atoms with Gasteiger partial charge in [-0.3, -0.25) is 14.9 Å². The Labute approximate surface area is 149 Å². The summed E-state index contributed by atoms with van der Waals surface area (Å²) < 4.78 is 10.7. The molecule has 2 rings (SSSR count). The van der Waals surface area contributed by atoms with E-state index in [2.05, 4.69) is 5.32 Å². The molecule has 0 radical (unpaired) electrons. The molecule has 1 amide bonds. The third kappa shape index (κ3) is 4.60. The van der Waals surface area contributed by atoms with Gasteiger partial charge in [0.15, 0.2) is 6.10 Å². The second kappa shape index (κ2) is 7.85. The van der Waals surface area contributed by atoms with Gasteiger partial charge in [0, 0.05) is 11.1 Å². The molecule has 7 nitrogen and oxygen atoms in total. The van der Waals surface area contributed by atoms with Gasteiger partial charge in [0.05, 0.1) is 23.8 Å². The van der Waals surface area contributed by atoms with Crippen LogP contribution in [0.4, 0.5) is 11.4 Å². The zero-order valence-corrected chi connectivity index (χ0v) is 14.7. The highest BCUT2D eigenvalue weighted by Crippen LogP contribution is 2.29. The fraction of sp³-hybridized carbons (Fsp3) is 0.235. The molecule has 0 heterocycles. The van der Waals surface area contributed by atoms with E-state index in [9.17, 15) is 14.9 Å². The Morgan fingerprint density at radius 3 is 2.60 bits per heavy atom. The smallest absolute Gasteiger partial charge is 0.273 e. The first-order chi connectivity index (χ1) is 11.8. The number of ether oxygens (including phenoxy) is 2. The molecular weight excluding hydrogens is 348 g/mol. The average molecular weight is 365 g/mol. The van der Waals surface area contributed by atoms with Crippen LogP contribution in [0.15, 0.2) is 36.4 Å². The van der Waals surface area contributed by atoms with Crippen molar-refractivity contribution in [1.82, 2.24) is 0 Å². The molecule has 1 atom stereocenters. The zero-order valence-electron chi connectivity index (χ0n) is 13.9. The third-order valence-corrected chi connectivity index (χ3v) is 3.89. The number of methoxy groups -OCH3 is 1. The molecule has 1 N–H and O–H groups in total. The fourth-order valence-corrected chi connectivity index (χ4v) is 2.20. The number of aryl methyl sites for hydroxylation is 1. The number of hydrogen-bond donors (Lipinski definition) is 1. The number of rotatable bonds is 6. The fourth-order valence-electron chi connectivity index (χ4n) is 2.08. The average Bonchev–Trinajstić information content (AvgIpc) is 2.58. The molecule has 0 aromatic heterocycles. The van der Waals surface area contributed by atoms with Crippen LogP contribution in [0.1, 0.15) is 12.5 Å². The molecule has 0 saturated carbocycles. The van der Waals surface area contributed by atoms with Gasteiger partial charge in [-0.05, 0) is 43.7 Å². The minimum atomic E-state index is -0.791. The van der Waals surface area contributed by atoms with Gasteiger partial charge in [-0.1, -0.05) is 11.6 Å². The number of carbonyl (C=O) groups excluding carboxylic acids is 1. The summed E-state index contributed by atoms with van der Waals surface area (Å²) in [7, 11) is 1.37. The van der Waals surface area contributed by atoms with E-state index in [0.29, 0.717) is 16.5 Å². The molecule has 8 heteroatoms. The van der Waals surface area contributed by atoms with Crippen molar-refractivity contribution in [3.63, 3.8) is 0 Å². The number of hydrogen-bond acceptors (Lipinski definition) is 5. The molecule has 25 heavy (non-hydrogen) atoms. The summed E-state index contributed by atoms with van der Waals surface area (Å²) in [5, 5.41) is 14.0. The number of halogens is 1. The van der Waals surface area contributed by atoms with Crippen LogP contribution in [0.25, 0.3) is 0 Å². The van der Waals surface area contributed by atoms with Crippen molar-refractivity contribution in [2.45, 2.75) is 20.0 Å². The number of anilines is 1. The molecule has 2 aromatic carbocycles. The first kappa shape index (κ1) is 18.5. The van der Waals surface area contributed by atoms with Crippen LogP contribution in [0.2, 0.25) is 5.02 Å². The molecule has 0 aliphatic rings. The van der Waals surface area contributed by atoms with Crippen molar-refractivity contribution in [2.75, 3.05) is 12.4 Å². The van der Waals surface area contributed by atoms with E-state index < -0.39 is 16.9 Å². The maximum atomic E-state index is 12.3. The van der Waals surface area contributed by atoms with Crippen LogP contribution in [0, 0.1) is 17.0 Å². The van der Waals surface area contributed by atoms with Crippen molar-refractivity contribution >= 4 is 28.9 Å². The SMILES string of the molecule is COc1cc([N+](=O)[O-])ccc1NC(=O)C(C)Oc1ccc(Cl)c(C)c1. The highest BCUT2D eigenvalue weighted by atomic mass is 35.5. The van der Waals surface area contributed by atoms with Crippen molar-refractivity contribution in [3.05, 3.63) is 57.1 Å². The van der Waals surface area contributed by atoms with Crippen LogP contribution in [-0.4, -0.2) is 24.0 Å². The normalized spacial score (nSPS) is 11.5. The summed E-state index contributed by atoms with van der Waals surface area (Å²) >= 11 is 5.96. The van der Waals surface area contributed by atoms with Crippen molar-refractivity contribution in [3.8, 4) is 11.5 Å². The van der Waals surface area contributed by atoms with Crippen molar-refractivity contribution in [1.29, 1.82) is 0 Å². The Morgan fingerprint density at radius 2 is 2.00 bits per heavy atom. The Kier molecular flexibility index (Phi) is 5.82. The number of amides is 1. The molecule has 0 aliphatic carbocycles. The molecule has 0 bridgehead atoms. The van der Waals surface area contributed by atoms with Crippen molar-refractivity contribution < 1.29 is 19.2 Å². The van der Waals surface area contributed by atoms with Crippen LogP contribution in [-0.2, 0) is 4.79 Å². The number of nitro benzene ring substituents is 1. The molecule has 0 spiro atoms. The van der Waals surface area contributed by atoms with E-state index in [1.165, 1.54) is 25.3 Å². The number of nitrogens with one attached hydrogen (secondary N) is 1. The zero-order chi connectivity index (χ0) is 18.6. The predicted octanol–water partition coefficient (Wildman–Crippen LogP) is 3.97. The Hall–Kier alpha value is -2.80. The first-order valence-electron chi connectivity index (χ1n) is 7.38. The van der Waals surface area contributed by atoms with Crippen LogP contribution < -0.4 is 14.8 Å². The van der Waals surface area contributed by atoms with Gasteiger partial charge in [0.2, 0.25) is 0 Å². The van der Waals surface area contributed by atoms with E-state index in [-0.39, 0.29) is 11.4 Å². The number of nitro groups is 1. The minimum absolute atomic E-state index is 0.129. The quantitative estimate of drug-likeness (QED) is 0.618. The van der Waals surface area contributed by atoms with Gasteiger partial charge < -0.3 is 14.8 Å². The lowest BCUT2D eigenvalue weighted by Gasteiger charge is -2.16. The lowest BCUT2D eigenvalue weighted by molar-refractivity contribution is -0.384. The maximum Gasteiger partial charge on any atom is 0.273 e. The molecular formula is C17H17ClN2O5. The van der Waals surface area contributed by atoms with E-state index in [0.717, 1.165) is 5.56 Å². The summed E-state index contributed by atoms with van der Waals surface area (Å²) in [5.74, 6) is 0.289. The monoisotopic (exact) mass is 364 g/mol. The molecule has 0 saturated heterocycles. The number of carbonyl (C=O) groups is 1. The van der Waals surface area contributed by atoms with Gasteiger partial charge in [-0.15, -0.1) is 0 Å². The molecule has 0 aliphatic heterocycles. The summed E-state index contributed by atoms with van der Waals surface area (Å²) in [4.78, 5) is 22.6. The lowest BCUT2D eigenvalue weighted by Crippen LogP contribution is -2.30. The number of nitrogens with zero attached hydrogens (tertiary/aromatic N) is 1. The third-order valence-electron chi connectivity index (χ3n) is 3.47. The van der Waals surface area contributed by atoms with E-state index in [4.69, 9.17) is 21.1 Å². The largest absolute Gasteiger partial charge is 0.494 e. The van der Waals surface area contributed by atoms with Crippen LogP contribution in [0.3, 0.4) is 0 Å². The molecule has 2 aromatic rings. The molecule has 0 fully saturated rings. The molecule has 132 valence electrons. The van der Waals surface area contributed by atoms with Gasteiger partial charge in [0.1, 0.15) is 11.5 Å². The first-order valence-corrected chi connectivity index (χ1v) is 7.75. The summed E-state index contributed by atoms with van der Waals surface area (Å²) in [5.41, 5.74) is 1.03. The lowest BCUT2D eigenvalue weighted by atomic mass is 10.2. The van der Waals surface area contributed by atoms with Gasteiger partial charge in [-0.25, -0.2) is 0 Å².